The summed E-state index contributed by atoms with van der Waals surface area (Å²) in [4.78, 5) is 0. The number of hydrogen-bond acceptors (Lipinski definition) is 3. The van der Waals surface area contributed by atoms with Crippen LogP contribution in [0.2, 0.25) is 29.2 Å². The fourth-order valence-electron chi connectivity index (χ4n) is 5.44. The highest BCUT2D eigenvalue weighted by Gasteiger charge is 2.48. The molecule has 3 nitrogen and oxygen atoms in total. The molecule has 0 aliphatic rings. The maximum atomic E-state index is 6.17. The zero-order valence-electron chi connectivity index (χ0n) is 19.9. The fraction of sp³-hybridized carbons (Fsp3) is 0.739. The second-order valence-electron chi connectivity index (χ2n) is 9.01. The van der Waals surface area contributed by atoms with Gasteiger partial charge in [0.2, 0.25) is 0 Å². The van der Waals surface area contributed by atoms with Gasteiger partial charge in [-0.25, -0.2) is 0 Å². The minimum absolute atomic E-state index is 0.698. The average molecular weight is 424 g/mol. The number of benzene rings is 1. The molecule has 0 aliphatic heterocycles. The molecule has 0 aliphatic carbocycles. The highest BCUT2D eigenvalue weighted by molar-refractivity contribution is 6.81. The second-order valence-corrected chi connectivity index (χ2v) is 18.2. The first-order chi connectivity index (χ1) is 13.1. The van der Waals surface area contributed by atoms with Gasteiger partial charge in [0.05, 0.1) is 0 Å². The first-order valence-corrected chi connectivity index (χ1v) is 15.9. The van der Waals surface area contributed by atoms with Gasteiger partial charge in [-0.1, -0.05) is 71.9 Å². The molecule has 0 heterocycles. The second kappa shape index (κ2) is 11.7. The Bertz CT molecular complexity index is 521. The molecule has 1 aromatic rings. The Kier molecular flexibility index (Phi) is 10.6. The highest BCUT2D eigenvalue weighted by Crippen LogP contribution is 2.45. The van der Waals surface area contributed by atoms with Gasteiger partial charge in [0.25, 0.3) is 0 Å². The topological polar surface area (TPSA) is 21.7 Å². The van der Waals surface area contributed by atoms with E-state index in [9.17, 15) is 0 Å². The zero-order chi connectivity index (χ0) is 21.4. The van der Waals surface area contributed by atoms with Crippen LogP contribution in [0.15, 0.2) is 30.3 Å². The quantitative estimate of drug-likeness (QED) is 0.325. The van der Waals surface area contributed by atoms with E-state index in [1.165, 1.54) is 5.56 Å². The highest BCUT2D eigenvalue weighted by atomic mass is 28.4. The zero-order valence-corrected chi connectivity index (χ0v) is 21.9. The lowest BCUT2D eigenvalue weighted by Crippen LogP contribution is -2.60. The van der Waals surface area contributed by atoms with Gasteiger partial charge < -0.3 is 13.4 Å². The molecule has 0 N–H and O–H groups in total. The lowest BCUT2D eigenvalue weighted by atomic mass is 10.2. The fourth-order valence-corrected chi connectivity index (χ4v) is 15.1. The first-order valence-electron chi connectivity index (χ1n) is 11.2. The predicted molar refractivity (Wildman–Crippen MR) is 128 cm³/mol. The van der Waals surface area contributed by atoms with Crippen LogP contribution in [0, 0.1) is 0 Å². The van der Waals surface area contributed by atoms with Crippen molar-refractivity contribution in [1.29, 1.82) is 0 Å². The molecule has 0 saturated heterocycles. The third-order valence-electron chi connectivity index (χ3n) is 6.27. The Balaban J connectivity index is 3.27. The van der Waals surface area contributed by atoms with Gasteiger partial charge in [-0.05, 0) is 49.1 Å². The first kappa shape index (κ1) is 25.6. The van der Waals surface area contributed by atoms with Crippen LogP contribution in [0.4, 0.5) is 0 Å². The molecule has 0 aromatic heterocycles. The van der Waals surface area contributed by atoms with Gasteiger partial charge in [0.1, 0.15) is 8.24 Å². The van der Waals surface area contributed by atoms with E-state index in [4.69, 9.17) is 8.85 Å². The molecule has 0 radical (unpaired) electrons. The summed E-state index contributed by atoms with van der Waals surface area (Å²) in [6.07, 6.45) is 0. The van der Waals surface area contributed by atoms with Crippen LogP contribution in [0.3, 0.4) is 0 Å². The summed E-state index contributed by atoms with van der Waals surface area (Å²) >= 11 is 0. The summed E-state index contributed by atoms with van der Waals surface area (Å²) in [7, 11) is -3.87. The number of hydrogen-bond donors (Lipinski definition) is 0. The maximum Gasteiger partial charge on any atom is 0.336 e. The van der Waals surface area contributed by atoms with E-state index >= 15 is 0 Å². The van der Waals surface area contributed by atoms with Crippen molar-refractivity contribution >= 4 is 16.8 Å². The van der Waals surface area contributed by atoms with E-state index in [1.54, 1.807) is 0 Å². The van der Waals surface area contributed by atoms with Gasteiger partial charge in [-0.2, -0.15) is 0 Å². The predicted octanol–water partition coefficient (Wildman–Crippen LogP) is 6.81. The number of rotatable bonds is 13. The summed E-state index contributed by atoms with van der Waals surface area (Å²) in [5, 5.41) is 0. The van der Waals surface area contributed by atoms with Crippen LogP contribution in [0.25, 0.3) is 0 Å². The molecule has 0 unspecified atom stereocenters. The summed E-state index contributed by atoms with van der Waals surface area (Å²) in [6.45, 7) is 24.7. The van der Waals surface area contributed by atoms with Gasteiger partial charge in [0.15, 0.2) is 0 Å². The van der Waals surface area contributed by atoms with Gasteiger partial charge in [-0.3, -0.25) is 0 Å². The molecular weight excluding hydrogens is 378 g/mol. The molecule has 0 atom stereocenters. The van der Waals surface area contributed by atoms with Crippen molar-refractivity contribution in [3.05, 3.63) is 35.9 Å². The average Bonchev–Trinajstić information content (AvgIpc) is 2.60. The minimum atomic E-state index is -2.13. The number of nitrogens with zero attached hydrogens (tertiary/aromatic N) is 1. The van der Waals surface area contributed by atoms with Crippen LogP contribution in [0.1, 0.15) is 61.0 Å². The van der Waals surface area contributed by atoms with Crippen LogP contribution >= 0.6 is 0 Å². The van der Waals surface area contributed by atoms with E-state index < -0.39 is 16.8 Å². The van der Waals surface area contributed by atoms with Crippen molar-refractivity contribution in [1.82, 2.24) is 4.57 Å². The van der Waals surface area contributed by atoms with Crippen molar-refractivity contribution in [2.75, 3.05) is 19.8 Å². The molecule has 0 fully saturated rings. The van der Waals surface area contributed by atoms with Gasteiger partial charge in [-0.15, -0.1) is 0 Å². The van der Waals surface area contributed by atoms with Crippen molar-refractivity contribution in [3.63, 3.8) is 0 Å². The summed E-state index contributed by atoms with van der Waals surface area (Å²) in [5.74, 6) is 0. The Hall–Kier alpha value is -0.466. The molecule has 1 aromatic carbocycles. The molecule has 1 rings (SSSR count). The molecule has 5 heteroatoms. The van der Waals surface area contributed by atoms with E-state index in [0.717, 1.165) is 32.3 Å². The monoisotopic (exact) mass is 423 g/mol. The van der Waals surface area contributed by atoms with Gasteiger partial charge >= 0.3 is 8.56 Å². The van der Waals surface area contributed by atoms with Crippen molar-refractivity contribution in [2.45, 2.75) is 91.1 Å². The lowest BCUT2D eigenvalue weighted by molar-refractivity contribution is 0.185. The van der Waals surface area contributed by atoms with Crippen LogP contribution in [-0.4, -0.2) is 41.1 Å². The summed E-state index contributed by atoms with van der Waals surface area (Å²) in [6, 6.07) is 12.0. The summed E-state index contributed by atoms with van der Waals surface area (Å²) in [5.41, 5.74) is 3.51. The van der Waals surface area contributed by atoms with Gasteiger partial charge in [0, 0.05) is 25.8 Å². The van der Waals surface area contributed by atoms with E-state index in [2.05, 4.69) is 96.8 Å². The Morgan fingerprint density at radius 3 is 1.68 bits per heavy atom. The third-order valence-corrected chi connectivity index (χ3v) is 16.2. The largest absolute Gasteiger partial charge is 0.395 e. The molecule has 0 amide bonds. The van der Waals surface area contributed by atoms with Crippen LogP contribution in [0.5, 0.6) is 0 Å². The van der Waals surface area contributed by atoms with Crippen molar-refractivity contribution in [3.8, 4) is 0 Å². The summed E-state index contributed by atoms with van der Waals surface area (Å²) < 4.78 is 15.2. The van der Waals surface area contributed by atoms with E-state index in [-0.39, 0.29) is 0 Å². The minimum Gasteiger partial charge on any atom is -0.395 e. The molecule has 0 saturated carbocycles. The standard InChI is InChI=1S/C23H45NO2Si2/c1-10-25-27(9,26-11-2)18-17-24(19-23-15-13-12-14-16-23)28(20(3)4,21(5)6)22(7)8/h12-16,20-22H,10-11,17-19H2,1-9H3. The van der Waals surface area contributed by atoms with Crippen LogP contribution < -0.4 is 0 Å². The SMILES string of the molecule is CCO[Si](C)(CCN(Cc1ccccc1)[Si](C(C)C)(C(C)C)C(C)C)OCC. The van der Waals surface area contributed by atoms with Crippen molar-refractivity contribution < 1.29 is 8.85 Å². The maximum absolute atomic E-state index is 6.17. The third kappa shape index (κ3) is 6.26. The van der Waals surface area contributed by atoms with Crippen LogP contribution in [-0.2, 0) is 15.4 Å². The molecule has 0 bridgehead atoms. The molecule has 28 heavy (non-hydrogen) atoms. The van der Waals surface area contributed by atoms with Crippen molar-refractivity contribution in [2.24, 2.45) is 0 Å². The van der Waals surface area contributed by atoms with E-state index in [0.29, 0.717) is 16.6 Å². The Morgan fingerprint density at radius 1 is 0.821 bits per heavy atom. The Morgan fingerprint density at radius 2 is 1.29 bits per heavy atom. The smallest absolute Gasteiger partial charge is 0.336 e. The lowest BCUT2D eigenvalue weighted by Gasteiger charge is -2.52. The molecular formula is C23H45NO2Si2. The normalized spacial score (nSPS) is 13.3. The molecule has 0 spiro atoms. The molecule has 162 valence electrons. The van der Waals surface area contributed by atoms with E-state index in [1.807, 2.05) is 0 Å². The Labute approximate surface area is 177 Å².